The Hall–Kier alpha value is -2.82. The van der Waals surface area contributed by atoms with Crippen LogP contribution in [0.2, 0.25) is 0 Å². The Morgan fingerprint density at radius 3 is 2.37 bits per heavy atom. The highest BCUT2D eigenvalue weighted by molar-refractivity contribution is 5.90. The van der Waals surface area contributed by atoms with Gasteiger partial charge in [0, 0.05) is 42.6 Å². The number of rotatable bonds is 11. The Morgan fingerprint density at radius 1 is 1.00 bits per heavy atom. The van der Waals surface area contributed by atoms with Crippen molar-refractivity contribution in [3.63, 3.8) is 0 Å². The van der Waals surface area contributed by atoms with Crippen molar-refractivity contribution in [1.82, 2.24) is 4.90 Å². The number of anilines is 1. The summed E-state index contributed by atoms with van der Waals surface area (Å²) in [6.07, 6.45) is 1.46. The van der Waals surface area contributed by atoms with Crippen LogP contribution in [0, 0.1) is 5.92 Å². The number of nitrogens with zero attached hydrogens (tertiary/aromatic N) is 1. The number of ether oxygens (including phenoxy) is 2. The number of aliphatic carboxylic acids is 1. The van der Waals surface area contributed by atoms with Crippen LogP contribution in [0.3, 0.4) is 0 Å². The van der Waals surface area contributed by atoms with Gasteiger partial charge in [0.1, 0.15) is 0 Å². The van der Waals surface area contributed by atoms with Crippen molar-refractivity contribution in [1.29, 1.82) is 0 Å². The van der Waals surface area contributed by atoms with E-state index in [-0.39, 0.29) is 62.6 Å². The number of carboxylic acid groups (broad SMARTS) is 1. The van der Waals surface area contributed by atoms with Crippen molar-refractivity contribution in [2.24, 2.45) is 5.92 Å². The molecule has 2 fully saturated rings. The maximum atomic E-state index is 12.1. The molecule has 0 radical (unpaired) electrons. The maximum Gasteiger partial charge on any atom is 0.303 e. The van der Waals surface area contributed by atoms with Gasteiger partial charge >= 0.3 is 5.97 Å². The van der Waals surface area contributed by atoms with Crippen LogP contribution in [0.15, 0.2) is 48.5 Å². The van der Waals surface area contributed by atoms with E-state index >= 15 is 0 Å². The zero-order valence-corrected chi connectivity index (χ0v) is 21.8. The van der Waals surface area contributed by atoms with Crippen LogP contribution in [-0.4, -0.2) is 63.9 Å². The largest absolute Gasteiger partial charge is 0.481 e. The molecular formula is C29H38N2O7. The lowest BCUT2D eigenvalue weighted by molar-refractivity contribution is -0.276. The molecule has 206 valence electrons. The minimum Gasteiger partial charge on any atom is -0.481 e. The first-order valence-electron chi connectivity index (χ1n) is 13.3. The first kappa shape index (κ1) is 28.2. The number of hydrogen-bond acceptors (Lipinski definition) is 7. The van der Waals surface area contributed by atoms with Crippen LogP contribution >= 0.6 is 0 Å². The smallest absolute Gasteiger partial charge is 0.303 e. The molecule has 2 heterocycles. The van der Waals surface area contributed by atoms with Crippen LogP contribution in [0.25, 0.3) is 0 Å². The number of carboxylic acids is 1. The van der Waals surface area contributed by atoms with Gasteiger partial charge in [0.25, 0.3) is 0 Å². The molecule has 2 aromatic carbocycles. The normalized spacial score (nSPS) is 25.8. The van der Waals surface area contributed by atoms with E-state index in [1.165, 1.54) is 0 Å². The first-order chi connectivity index (χ1) is 18.4. The lowest BCUT2D eigenvalue weighted by Gasteiger charge is -2.43. The fourth-order valence-corrected chi connectivity index (χ4v) is 5.25. The summed E-state index contributed by atoms with van der Waals surface area (Å²) >= 11 is 0. The number of carbonyl (C=O) groups excluding carboxylic acids is 1. The lowest BCUT2D eigenvalue weighted by Crippen LogP contribution is -2.46. The summed E-state index contributed by atoms with van der Waals surface area (Å²) < 4.78 is 13.0. The molecule has 9 nitrogen and oxygen atoms in total. The van der Waals surface area contributed by atoms with Crippen LogP contribution in [0.1, 0.15) is 68.1 Å². The summed E-state index contributed by atoms with van der Waals surface area (Å²) in [5, 5.41) is 30.8. The second-order valence-corrected chi connectivity index (χ2v) is 10.2. The average Bonchev–Trinajstić information content (AvgIpc) is 3.37. The molecule has 2 aliphatic heterocycles. The molecule has 0 aromatic heterocycles. The minimum atomic E-state index is -0.915. The van der Waals surface area contributed by atoms with Gasteiger partial charge in [-0.15, -0.1) is 0 Å². The Balaban J connectivity index is 1.49. The molecule has 0 saturated carbocycles. The molecule has 2 aliphatic rings. The van der Waals surface area contributed by atoms with Gasteiger partial charge in [-0.25, -0.2) is 0 Å². The number of amides is 1. The number of aliphatic hydroxyl groups excluding tert-OH is 2. The summed E-state index contributed by atoms with van der Waals surface area (Å²) in [6, 6.07) is 15.2. The van der Waals surface area contributed by atoms with Crippen molar-refractivity contribution in [3.8, 4) is 0 Å². The third kappa shape index (κ3) is 7.18. The number of nitrogens with one attached hydrogen (secondary N) is 1. The molecule has 5 atom stereocenters. The van der Waals surface area contributed by atoms with E-state index in [0.717, 1.165) is 36.1 Å². The monoisotopic (exact) mass is 526 g/mol. The molecule has 0 bridgehead atoms. The van der Waals surface area contributed by atoms with Gasteiger partial charge in [-0.1, -0.05) is 43.3 Å². The Bertz CT molecular complexity index is 1060. The van der Waals surface area contributed by atoms with Gasteiger partial charge < -0.3 is 30.1 Å². The van der Waals surface area contributed by atoms with Crippen LogP contribution < -0.4 is 5.32 Å². The summed E-state index contributed by atoms with van der Waals surface area (Å²) in [6.45, 7) is 3.87. The average molecular weight is 527 g/mol. The van der Waals surface area contributed by atoms with E-state index in [2.05, 4.69) is 17.1 Å². The predicted octanol–water partition coefficient (Wildman–Crippen LogP) is 3.62. The molecule has 1 amide bonds. The molecule has 0 unspecified atom stereocenters. The standard InChI is InChI=1S/C29H38N2O7/c1-19-25(16-31-15-3-4-24(31)18-33)37-29(38-28(19)21-9-7-20(17-32)8-10-21)22-11-13-23(14-12-22)30-26(34)5-2-6-27(35)36/h7-14,19,24-25,28-29,32-33H,2-6,15-18H2,1H3,(H,30,34)(H,35,36)/t19-,24+,25+,28+,29+/m1/s1. The van der Waals surface area contributed by atoms with Crippen molar-refractivity contribution in [2.75, 3.05) is 25.0 Å². The fourth-order valence-electron chi connectivity index (χ4n) is 5.25. The first-order valence-corrected chi connectivity index (χ1v) is 13.3. The number of benzene rings is 2. The van der Waals surface area contributed by atoms with Gasteiger partial charge in [-0.05, 0) is 49.1 Å². The Kier molecular flexibility index (Phi) is 9.87. The quantitative estimate of drug-likeness (QED) is 0.350. The molecule has 38 heavy (non-hydrogen) atoms. The summed E-state index contributed by atoms with van der Waals surface area (Å²) in [4.78, 5) is 25.1. The lowest BCUT2D eigenvalue weighted by atomic mass is 9.90. The molecule has 2 aromatic rings. The molecule has 0 aliphatic carbocycles. The number of carbonyl (C=O) groups is 2. The zero-order chi connectivity index (χ0) is 27.1. The highest BCUT2D eigenvalue weighted by Gasteiger charge is 2.40. The van der Waals surface area contributed by atoms with E-state index in [1.807, 2.05) is 36.4 Å². The molecule has 4 rings (SSSR count). The summed E-state index contributed by atoms with van der Waals surface area (Å²) in [5.41, 5.74) is 3.29. The van der Waals surface area contributed by atoms with Crippen molar-refractivity contribution >= 4 is 17.6 Å². The minimum absolute atomic E-state index is 0.0182. The maximum absolute atomic E-state index is 12.1. The van der Waals surface area contributed by atoms with E-state index in [4.69, 9.17) is 14.6 Å². The topological polar surface area (TPSA) is 129 Å². The highest BCUT2D eigenvalue weighted by atomic mass is 16.7. The van der Waals surface area contributed by atoms with Gasteiger partial charge in [0.2, 0.25) is 5.91 Å². The van der Waals surface area contributed by atoms with E-state index in [9.17, 15) is 19.8 Å². The van der Waals surface area contributed by atoms with Gasteiger partial charge in [0.05, 0.1) is 25.4 Å². The van der Waals surface area contributed by atoms with Crippen LogP contribution in [-0.2, 0) is 25.7 Å². The van der Waals surface area contributed by atoms with Crippen molar-refractivity contribution < 1.29 is 34.4 Å². The number of aliphatic hydroxyl groups is 2. The van der Waals surface area contributed by atoms with Gasteiger partial charge in [-0.2, -0.15) is 0 Å². The summed E-state index contributed by atoms with van der Waals surface area (Å²) in [7, 11) is 0. The van der Waals surface area contributed by atoms with Gasteiger partial charge in [-0.3, -0.25) is 14.5 Å². The molecule has 0 spiro atoms. The van der Waals surface area contributed by atoms with E-state index in [0.29, 0.717) is 12.2 Å². The fraction of sp³-hybridized carbons (Fsp3) is 0.517. The second-order valence-electron chi connectivity index (χ2n) is 10.2. The predicted molar refractivity (Wildman–Crippen MR) is 141 cm³/mol. The molecule has 9 heteroatoms. The zero-order valence-electron chi connectivity index (χ0n) is 21.8. The second kappa shape index (κ2) is 13.3. The molecular weight excluding hydrogens is 488 g/mol. The highest BCUT2D eigenvalue weighted by Crippen LogP contribution is 2.42. The third-order valence-corrected chi connectivity index (χ3v) is 7.51. The molecule has 2 saturated heterocycles. The van der Waals surface area contributed by atoms with E-state index in [1.54, 1.807) is 12.1 Å². The SMILES string of the molecule is C[C@@H]1[C@H](CN2CCC[C@H]2CO)O[C@H](c2ccc(NC(=O)CCCC(=O)O)cc2)O[C@@H]1c1ccc(CO)cc1. The van der Waals surface area contributed by atoms with Crippen LogP contribution in [0.4, 0.5) is 5.69 Å². The Morgan fingerprint density at radius 2 is 1.71 bits per heavy atom. The number of likely N-dealkylation sites (tertiary alicyclic amines) is 1. The summed E-state index contributed by atoms with van der Waals surface area (Å²) in [5.74, 6) is -1.09. The van der Waals surface area contributed by atoms with Crippen molar-refractivity contribution in [3.05, 3.63) is 65.2 Å². The Labute approximate surface area is 223 Å². The third-order valence-electron chi connectivity index (χ3n) is 7.51. The van der Waals surface area contributed by atoms with E-state index < -0.39 is 12.3 Å². The molecule has 4 N–H and O–H groups in total. The van der Waals surface area contributed by atoms with Crippen molar-refractivity contribution in [2.45, 2.75) is 70.2 Å². The van der Waals surface area contributed by atoms with Gasteiger partial charge in [0.15, 0.2) is 6.29 Å². The number of hydrogen-bond donors (Lipinski definition) is 4. The van der Waals surface area contributed by atoms with Crippen LogP contribution in [0.5, 0.6) is 0 Å².